The van der Waals surface area contributed by atoms with Crippen LogP contribution >= 0.6 is 24.0 Å². The molecule has 0 bridgehead atoms. The van der Waals surface area contributed by atoms with Crippen molar-refractivity contribution in [2.45, 2.75) is 0 Å². The molecule has 0 aliphatic rings. The van der Waals surface area contributed by atoms with Gasteiger partial charge in [-0.2, -0.15) is 0 Å². The van der Waals surface area contributed by atoms with Gasteiger partial charge in [-0.15, -0.1) is 12.4 Å². The second-order valence-corrected chi connectivity index (χ2v) is 2.79. The van der Waals surface area contributed by atoms with Gasteiger partial charge in [-0.1, -0.05) is 11.6 Å². The van der Waals surface area contributed by atoms with E-state index in [1.165, 1.54) is 7.11 Å². The molecule has 0 aliphatic heterocycles. The molecule has 0 spiro atoms. The molecule has 0 atom stereocenters. The maximum atomic E-state index is 7.38. The number of benzene rings is 1. The summed E-state index contributed by atoms with van der Waals surface area (Å²) in [5.74, 6) is 0.680. The Morgan fingerprint density at radius 1 is 1.36 bits per heavy atom. The van der Waals surface area contributed by atoms with E-state index in [9.17, 15) is 0 Å². The second-order valence-electron chi connectivity index (χ2n) is 2.38. The van der Waals surface area contributed by atoms with E-state index >= 15 is 0 Å². The zero-order valence-electron chi connectivity index (χ0n) is 7.83. The molecule has 1 rings (SSSR count). The largest absolute Gasteiger partial charge is 0.495 e. The minimum Gasteiger partial charge on any atom is -0.495 e. The zero-order chi connectivity index (χ0) is 9.84. The molecular formula is C9H11Cl2NO2. The Bertz CT molecular complexity index is 329. The van der Waals surface area contributed by atoms with Crippen molar-refractivity contribution in [3.8, 4) is 5.75 Å². The van der Waals surface area contributed by atoms with Gasteiger partial charge in [0.25, 0.3) is 0 Å². The molecule has 0 heterocycles. The summed E-state index contributed by atoms with van der Waals surface area (Å²) in [5, 5.41) is 7.85. The van der Waals surface area contributed by atoms with Gasteiger partial charge in [-0.3, -0.25) is 5.41 Å². The maximum Gasteiger partial charge on any atom is 0.212 e. The van der Waals surface area contributed by atoms with Crippen LogP contribution in [0.3, 0.4) is 0 Å². The van der Waals surface area contributed by atoms with Gasteiger partial charge in [0.05, 0.1) is 19.2 Å². The second kappa shape index (κ2) is 5.73. The standard InChI is InChI=1S/C9H10ClNO2.ClH/c1-12-8-4-3-6(5-7(8)10)9(11)13-2;/h3-5,11H,1-2H3;1H. The number of rotatable bonds is 2. The van der Waals surface area contributed by atoms with Crippen molar-refractivity contribution in [1.82, 2.24) is 0 Å². The lowest BCUT2D eigenvalue weighted by atomic mass is 10.2. The lowest BCUT2D eigenvalue weighted by Gasteiger charge is -2.05. The molecule has 1 N–H and O–H groups in total. The highest BCUT2D eigenvalue weighted by atomic mass is 35.5. The summed E-state index contributed by atoms with van der Waals surface area (Å²) in [4.78, 5) is 0. The Morgan fingerprint density at radius 3 is 2.43 bits per heavy atom. The van der Waals surface area contributed by atoms with Crippen LogP contribution in [0.15, 0.2) is 18.2 Å². The van der Waals surface area contributed by atoms with E-state index in [2.05, 4.69) is 0 Å². The highest BCUT2D eigenvalue weighted by Gasteiger charge is 2.05. The number of ether oxygens (including phenoxy) is 2. The van der Waals surface area contributed by atoms with Crippen LogP contribution in [0.1, 0.15) is 5.56 Å². The Morgan fingerprint density at radius 2 is 2.00 bits per heavy atom. The SMILES string of the molecule is COC(=N)c1ccc(OC)c(Cl)c1.Cl. The van der Waals surface area contributed by atoms with Gasteiger partial charge in [0.1, 0.15) is 5.75 Å². The molecule has 0 radical (unpaired) electrons. The van der Waals surface area contributed by atoms with Crippen LogP contribution in [-0.2, 0) is 4.74 Å². The Kier molecular flexibility index (Phi) is 5.35. The summed E-state index contributed by atoms with van der Waals surface area (Å²) in [6.45, 7) is 0. The van der Waals surface area contributed by atoms with Crippen LogP contribution in [0.5, 0.6) is 5.75 Å². The molecule has 0 saturated heterocycles. The van der Waals surface area contributed by atoms with E-state index in [0.29, 0.717) is 16.3 Å². The lowest BCUT2D eigenvalue weighted by molar-refractivity contribution is 0.400. The molecule has 3 nitrogen and oxygen atoms in total. The summed E-state index contributed by atoms with van der Waals surface area (Å²) in [7, 11) is 2.99. The van der Waals surface area contributed by atoms with Crippen molar-refractivity contribution in [2.75, 3.05) is 14.2 Å². The molecular weight excluding hydrogens is 225 g/mol. The van der Waals surface area contributed by atoms with E-state index < -0.39 is 0 Å². The Hall–Kier alpha value is -0.930. The van der Waals surface area contributed by atoms with E-state index in [1.807, 2.05) is 0 Å². The topological polar surface area (TPSA) is 42.3 Å². The summed E-state index contributed by atoms with van der Waals surface area (Å²) in [6, 6.07) is 5.05. The molecule has 0 aromatic heterocycles. The summed E-state index contributed by atoms with van der Waals surface area (Å²) >= 11 is 5.85. The average Bonchev–Trinajstić information content (AvgIpc) is 2.16. The molecule has 5 heteroatoms. The molecule has 78 valence electrons. The summed E-state index contributed by atoms with van der Waals surface area (Å²) in [6.07, 6.45) is 0. The van der Waals surface area contributed by atoms with Crippen LogP contribution in [-0.4, -0.2) is 20.1 Å². The van der Waals surface area contributed by atoms with Gasteiger partial charge in [0.2, 0.25) is 5.90 Å². The van der Waals surface area contributed by atoms with Crippen molar-refractivity contribution in [2.24, 2.45) is 0 Å². The highest BCUT2D eigenvalue weighted by molar-refractivity contribution is 6.32. The number of hydrogen-bond donors (Lipinski definition) is 1. The van der Waals surface area contributed by atoms with Gasteiger partial charge in [0, 0.05) is 5.56 Å². The third kappa shape index (κ3) is 2.79. The average molecular weight is 236 g/mol. The fraction of sp³-hybridized carbons (Fsp3) is 0.222. The minimum atomic E-state index is 0. The molecule has 14 heavy (non-hydrogen) atoms. The van der Waals surface area contributed by atoms with E-state index in [4.69, 9.17) is 26.5 Å². The van der Waals surface area contributed by atoms with Gasteiger partial charge in [0.15, 0.2) is 0 Å². The monoisotopic (exact) mass is 235 g/mol. The number of halogens is 2. The van der Waals surface area contributed by atoms with Crippen molar-refractivity contribution in [3.05, 3.63) is 28.8 Å². The van der Waals surface area contributed by atoms with Crippen molar-refractivity contribution >= 4 is 29.9 Å². The van der Waals surface area contributed by atoms with Crippen LogP contribution in [0.25, 0.3) is 0 Å². The van der Waals surface area contributed by atoms with E-state index in [-0.39, 0.29) is 18.3 Å². The normalized spacial score (nSPS) is 8.79. The predicted octanol–water partition coefficient (Wildman–Crippen LogP) is 2.74. The first-order chi connectivity index (χ1) is 6.19. The maximum absolute atomic E-state index is 7.38. The smallest absolute Gasteiger partial charge is 0.212 e. The molecule has 0 fully saturated rings. The first-order valence-corrected chi connectivity index (χ1v) is 4.03. The van der Waals surface area contributed by atoms with Crippen LogP contribution in [0.4, 0.5) is 0 Å². The fourth-order valence-corrected chi connectivity index (χ4v) is 1.18. The van der Waals surface area contributed by atoms with E-state index in [0.717, 1.165) is 0 Å². The third-order valence-electron chi connectivity index (χ3n) is 1.62. The predicted molar refractivity (Wildman–Crippen MR) is 59.1 cm³/mol. The van der Waals surface area contributed by atoms with Crippen molar-refractivity contribution in [1.29, 1.82) is 5.41 Å². The summed E-state index contributed by atoms with van der Waals surface area (Å²) < 4.78 is 9.72. The molecule has 1 aromatic carbocycles. The molecule has 0 unspecified atom stereocenters. The van der Waals surface area contributed by atoms with Crippen molar-refractivity contribution < 1.29 is 9.47 Å². The Labute approximate surface area is 93.9 Å². The number of methoxy groups -OCH3 is 2. The third-order valence-corrected chi connectivity index (χ3v) is 1.91. The molecule has 1 aromatic rings. The minimum absolute atomic E-state index is 0. The number of nitrogens with one attached hydrogen (secondary N) is 1. The molecule has 0 saturated carbocycles. The van der Waals surface area contributed by atoms with Crippen LogP contribution in [0.2, 0.25) is 5.02 Å². The fourth-order valence-electron chi connectivity index (χ4n) is 0.925. The Balaban J connectivity index is 0.00000169. The van der Waals surface area contributed by atoms with Crippen LogP contribution < -0.4 is 4.74 Å². The summed E-state index contributed by atoms with van der Waals surface area (Å²) in [5.41, 5.74) is 0.633. The lowest BCUT2D eigenvalue weighted by Crippen LogP contribution is -2.01. The number of hydrogen-bond acceptors (Lipinski definition) is 3. The quantitative estimate of drug-likeness (QED) is 0.633. The first-order valence-electron chi connectivity index (χ1n) is 3.65. The first kappa shape index (κ1) is 13.1. The van der Waals surface area contributed by atoms with Gasteiger partial charge >= 0.3 is 0 Å². The van der Waals surface area contributed by atoms with E-state index in [1.54, 1.807) is 25.3 Å². The zero-order valence-corrected chi connectivity index (χ0v) is 9.41. The van der Waals surface area contributed by atoms with Gasteiger partial charge in [-0.05, 0) is 18.2 Å². The highest BCUT2D eigenvalue weighted by Crippen LogP contribution is 2.24. The molecule has 0 aliphatic carbocycles. The molecule has 0 amide bonds. The van der Waals surface area contributed by atoms with Gasteiger partial charge < -0.3 is 9.47 Å². The van der Waals surface area contributed by atoms with Crippen molar-refractivity contribution in [3.63, 3.8) is 0 Å². The van der Waals surface area contributed by atoms with Crippen LogP contribution in [0, 0.1) is 5.41 Å². The van der Waals surface area contributed by atoms with Gasteiger partial charge in [-0.25, -0.2) is 0 Å².